The third-order valence-electron chi connectivity index (χ3n) is 18.2. The molecule has 0 aromatic heterocycles. The van der Waals surface area contributed by atoms with Gasteiger partial charge in [0.15, 0.2) is 17.3 Å². The second-order valence-electron chi connectivity index (χ2n) is 23.5. The number of hydrogen-bond acceptors (Lipinski definition) is 12. The first-order chi connectivity index (χ1) is 35.9. The number of dihydropyridines is 2. The maximum absolute atomic E-state index is 15.8. The number of carbonyl (C=O) groups is 3. The summed E-state index contributed by atoms with van der Waals surface area (Å²) < 4.78 is 13.2. The molecular formula is C60H83N9O5. The van der Waals surface area contributed by atoms with Crippen molar-refractivity contribution < 1.29 is 23.9 Å². The number of esters is 1. The van der Waals surface area contributed by atoms with Crippen LogP contribution in [-0.2, 0) is 20.7 Å². The molecule has 4 aliphatic carbocycles. The Morgan fingerprint density at radius 3 is 2.66 bits per heavy atom. The molecule has 1 aromatic carbocycles. The quantitative estimate of drug-likeness (QED) is 0.0326. The molecular weight excluding hydrogens is 927 g/mol. The fourth-order valence-electron chi connectivity index (χ4n) is 14.1. The molecule has 14 nitrogen and oxygen atoms in total. The zero-order valence-corrected chi connectivity index (χ0v) is 44.5. The third kappa shape index (κ3) is 10.5. The van der Waals surface area contributed by atoms with Gasteiger partial charge in [-0.25, -0.2) is 4.79 Å². The van der Waals surface area contributed by atoms with E-state index in [9.17, 15) is 0 Å². The van der Waals surface area contributed by atoms with E-state index in [0.717, 1.165) is 105 Å². The Labute approximate surface area is 439 Å². The number of ether oxygens (including phenoxy) is 2. The van der Waals surface area contributed by atoms with Crippen LogP contribution in [0.25, 0.3) is 0 Å². The number of nitrogens with zero attached hydrogens (tertiary/aromatic N) is 1. The lowest BCUT2D eigenvalue weighted by Crippen LogP contribution is -2.53. The van der Waals surface area contributed by atoms with Crippen LogP contribution in [0.1, 0.15) is 143 Å². The van der Waals surface area contributed by atoms with E-state index in [1.165, 1.54) is 37.7 Å². The smallest absolute Gasteiger partial charge is 0.350 e. The highest BCUT2D eigenvalue weighted by molar-refractivity contribution is 6.33. The van der Waals surface area contributed by atoms with Crippen molar-refractivity contribution in [1.82, 2.24) is 37.2 Å². The van der Waals surface area contributed by atoms with Gasteiger partial charge in [-0.3, -0.25) is 14.6 Å². The predicted molar refractivity (Wildman–Crippen MR) is 292 cm³/mol. The van der Waals surface area contributed by atoms with Crippen LogP contribution in [0, 0.1) is 29.1 Å². The summed E-state index contributed by atoms with van der Waals surface area (Å²) in [6, 6.07) is 5.65. The van der Waals surface area contributed by atoms with Crippen molar-refractivity contribution in [3.8, 4) is 0 Å². The van der Waals surface area contributed by atoms with E-state index in [1.807, 2.05) is 37.5 Å². The van der Waals surface area contributed by atoms with Crippen LogP contribution < -0.4 is 43.0 Å². The highest BCUT2D eigenvalue weighted by Gasteiger charge is 2.85. The molecule has 5 heterocycles. The third-order valence-corrected chi connectivity index (χ3v) is 18.2. The Hall–Kier alpha value is -5.28. The minimum Gasteiger partial charge on any atom is -0.463 e. The first-order valence-electron chi connectivity index (χ1n) is 28.2. The topological polar surface area (TPSA) is 196 Å². The lowest BCUT2D eigenvalue weighted by Gasteiger charge is -2.41. The number of ketones is 2. The second kappa shape index (κ2) is 22.1. The number of fused-ring (bicyclic) bond motifs is 1. The van der Waals surface area contributed by atoms with E-state index in [4.69, 9.17) is 15.2 Å². The zero-order valence-electron chi connectivity index (χ0n) is 44.5. The lowest BCUT2D eigenvalue weighted by molar-refractivity contribution is -0.150. The Morgan fingerprint density at radius 1 is 1.00 bits per heavy atom. The van der Waals surface area contributed by atoms with Crippen molar-refractivity contribution in [3.63, 3.8) is 0 Å². The van der Waals surface area contributed by atoms with E-state index >= 15 is 14.4 Å². The molecule has 4 bridgehead atoms. The number of allylic oxidation sites excluding steroid dienone is 5. The van der Waals surface area contributed by atoms with Crippen LogP contribution in [0.5, 0.6) is 0 Å². The summed E-state index contributed by atoms with van der Waals surface area (Å²) in [6.45, 7) is 7.48. The summed E-state index contributed by atoms with van der Waals surface area (Å²) in [5.74, 6) is 1.56. The SMILES string of the molecule is CN=C1NCCC[C@](C/C(C)=C/C[C@@]23O[C@@]24C(=O)OC[C@@H]2C[C@H]5C(=C[C@H]2NCC2CCCCC2)C=CC[C@@H]5CCCC[C@@](C)(CC2=CNC(N)C=C2)Cc2cccc(c2C4=O)C3=O)(C2=CCNC(NCNC)=C2)N1. The van der Waals surface area contributed by atoms with Gasteiger partial charge in [-0.05, 0) is 149 Å². The lowest BCUT2D eigenvalue weighted by atomic mass is 9.67. The van der Waals surface area contributed by atoms with Crippen molar-refractivity contribution in [1.29, 1.82) is 0 Å². The van der Waals surface area contributed by atoms with Crippen LogP contribution in [0.3, 0.4) is 0 Å². The minimum atomic E-state index is -2.11. The van der Waals surface area contributed by atoms with E-state index in [1.54, 1.807) is 13.1 Å². The molecule has 9 atom stereocenters. The summed E-state index contributed by atoms with van der Waals surface area (Å²) in [7, 11) is 3.69. The Bertz CT molecular complexity index is 2570. The van der Waals surface area contributed by atoms with Gasteiger partial charge in [-0.15, -0.1) is 0 Å². The average molecular weight is 1010 g/mol. The van der Waals surface area contributed by atoms with Crippen LogP contribution in [0.2, 0.25) is 0 Å². The molecule has 0 radical (unpaired) electrons. The van der Waals surface area contributed by atoms with Crippen molar-refractivity contribution >= 4 is 23.5 Å². The molecule has 1 unspecified atom stereocenters. The largest absolute Gasteiger partial charge is 0.463 e. The number of rotatable bonds is 13. The molecule has 1 aromatic rings. The first kappa shape index (κ1) is 52.2. The fraction of sp³-hybridized carbons (Fsp3) is 0.600. The van der Waals surface area contributed by atoms with Crippen LogP contribution in [0.4, 0.5) is 0 Å². The van der Waals surface area contributed by atoms with Crippen molar-refractivity contribution in [2.45, 2.75) is 152 Å². The van der Waals surface area contributed by atoms with Crippen LogP contribution in [0.15, 0.2) is 106 Å². The highest BCUT2D eigenvalue weighted by atomic mass is 16.7. The number of aliphatic imine (C=N–C) groups is 1. The minimum absolute atomic E-state index is 0.00616. The van der Waals surface area contributed by atoms with Crippen molar-refractivity contribution in [2.75, 3.05) is 47.0 Å². The maximum atomic E-state index is 15.8. The molecule has 14 heteroatoms. The standard InChI is InChI=1S/C60H83N9O5/c1-39(32-58(25-12-27-65-56(63-4)69-58)46-23-28-64-51(31-46)68-38-62-3)22-26-59-53(70)47-19-11-18-44-34-57(2,33-41-20-21-50(61)67-36-41)24-9-8-15-42-16-10-17-43-30-49(66-35-40-13-6-5-7-14-40)45(29-48(42)43)37-73-55(72)60(59,74-59)54(71)52(44)47/h10-11,17-23,30-31,36,40,42,45,48-50,62,64,66-68H,5-9,12-16,24-29,32-35,37-38,61H2,1-4H3,(H2,63,65,69)/b39-22+/t42-,45-,48+,49+,50?,57-,58-,59-,60-/m0/s1. The summed E-state index contributed by atoms with van der Waals surface area (Å²) in [6.07, 6.45) is 35.5. The highest BCUT2D eigenvalue weighted by Crippen LogP contribution is 2.60. The molecule has 9 aliphatic rings. The molecule has 2 saturated heterocycles. The van der Waals surface area contributed by atoms with E-state index in [0.29, 0.717) is 54.9 Å². The maximum Gasteiger partial charge on any atom is 0.350 e. The summed E-state index contributed by atoms with van der Waals surface area (Å²) in [5.41, 5.74) is 7.54. The number of nitrogens with one attached hydrogen (secondary N) is 7. The normalized spacial score (nSPS) is 34.9. The van der Waals surface area contributed by atoms with Gasteiger partial charge in [-0.2, -0.15) is 0 Å². The number of guanidine groups is 1. The molecule has 3 fully saturated rings. The monoisotopic (exact) mass is 1010 g/mol. The van der Waals surface area contributed by atoms with Gasteiger partial charge in [-0.1, -0.05) is 99.3 Å². The van der Waals surface area contributed by atoms with Crippen LogP contribution in [-0.4, -0.2) is 99.4 Å². The number of hydrogen-bond donors (Lipinski definition) is 8. The van der Waals surface area contributed by atoms with Crippen LogP contribution >= 0.6 is 0 Å². The molecule has 10 rings (SSSR count). The number of Topliss-reactive ketones (excluding diaryl/α,β-unsaturated/α-hetero) is 2. The molecule has 398 valence electrons. The van der Waals surface area contributed by atoms with Gasteiger partial charge >= 0.3 is 5.97 Å². The summed E-state index contributed by atoms with van der Waals surface area (Å²) in [4.78, 5) is 51.3. The number of epoxide rings is 1. The Kier molecular flexibility index (Phi) is 15.6. The Morgan fingerprint density at radius 2 is 1.85 bits per heavy atom. The Balaban J connectivity index is 1.01. The number of benzene rings is 1. The second-order valence-corrected chi connectivity index (χ2v) is 23.5. The van der Waals surface area contributed by atoms with E-state index in [-0.39, 0.29) is 42.4 Å². The van der Waals surface area contributed by atoms with Gasteiger partial charge in [0.05, 0.1) is 25.0 Å². The number of cyclic esters (lactones) is 1. The average Bonchev–Trinajstić information content (AvgIpc) is 4.17. The first-order valence-corrected chi connectivity index (χ1v) is 28.2. The van der Waals surface area contributed by atoms with Gasteiger partial charge in [0.25, 0.3) is 5.60 Å². The summed E-state index contributed by atoms with van der Waals surface area (Å²) >= 11 is 0. The molecule has 1 spiro atoms. The fourth-order valence-corrected chi connectivity index (χ4v) is 14.1. The molecule has 74 heavy (non-hydrogen) atoms. The van der Waals surface area contributed by atoms with Gasteiger partial charge in [0, 0.05) is 55.8 Å². The zero-order chi connectivity index (χ0) is 51.5. The number of nitrogens with two attached hydrogens (primary N) is 1. The van der Waals surface area contributed by atoms with Gasteiger partial charge in [0.2, 0.25) is 5.78 Å². The molecule has 9 N–H and O–H groups in total. The van der Waals surface area contributed by atoms with Gasteiger partial charge < -0.3 is 52.4 Å². The summed E-state index contributed by atoms with van der Waals surface area (Å²) in [5, 5.41) is 24.5. The number of carbonyl (C=O) groups excluding carboxylic acids is 3. The van der Waals surface area contributed by atoms with E-state index in [2.05, 4.69) is 92.5 Å². The molecule has 1 saturated carbocycles. The van der Waals surface area contributed by atoms with E-state index < -0.39 is 28.5 Å². The molecule has 5 aliphatic heterocycles. The molecule has 0 amide bonds. The van der Waals surface area contributed by atoms with Crippen molar-refractivity contribution in [3.05, 3.63) is 118 Å². The van der Waals surface area contributed by atoms with Crippen molar-refractivity contribution in [2.24, 2.45) is 39.8 Å². The van der Waals surface area contributed by atoms with Gasteiger partial charge in [0.1, 0.15) is 5.82 Å². The predicted octanol–water partition coefficient (Wildman–Crippen LogP) is 7.20.